The summed E-state index contributed by atoms with van der Waals surface area (Å²) in [5, 5.41) is 0. The molecule has 0 N–H and O–H groups in total. The number of hydrogen-bond donors (Lipinski definition) is 0. The molecule has 1 rings (SSSR count). The van der Waals surface area contributed by atoms with Gasteiger partial charge in [-0.05, 0) is 31.5 Å². The molecule has 2 heteroatoms. The van der Waals surface area contributed by atoms with Crippen LogP contribution in [0.25, 0.3) is 0 Å². The summed E-state index contributed by atoms with van der Waals surface area (Å²) < 4.78 is 1.19. The van der Waals surface area contributed by atoms with Gasteiger partial charge in [0.1, 0.15) is 0 Å². The van der Waals surface area contributed by atoms with Crippen molar-refractivity contribution in [3.05, 3.63) is 34.3 Å². The van der Waals surface area contributed by atoms with E-state index in [1.54, 1.807) is 0 Å². The molecule has 0 radical (unpaired) electrons. The second kappa shape index (κ2) is 3.28. The average molecular weight is 278 g/mol. The highest BCUT2D eigenvalue weighted by Crippen LogP contribution is 2.30. The molecule has 0 aliphatic carbocycles. The summed E-state index contributed by atoms with van der Waals surface area (Å²) in [7, 11) is 0. The number of alkyl halides is 1. The second-order valence-corrected chi connectivity index (χ2v) is 5.88. The molecule has 1 aromatic carbocycles. The van der Waals surface area contributed by atoms with Crippen LogP contribution < -0.4 is 0 Å². The first-order chi connectivity index (χ1) is 5.00. The van der Waals surface area contributed by atoms with Gasteiger partial charge in [0.25, 0.3) is 0 Å². The van der Waals surface area contributed by atoms with Crippen molar-refractivity contribution in [2.45, 2.75) is 18.2 Å². The van der Waals surface area contributed by atoms with Crippen LogP contribution in [0.3, 0.4) is 0 Å². The molecule has 0 saturated carbocycles. The van der Waals surface area contributed by atoms with Crippen molar-refractivity contribution < 1.29 is 0 Å². The van der Waals surface area contributed by atoms with Crippen molar-refractivity contribution in [3.8, 4) is 0 Å². The van der Waals surface area contributed by atoms with E-state index in [9.17, 15) is 0 Å². The number of hydrogen-bond acceptors (Lipinski definition) is 0. The molecule has 0 fully saturated rings. The lowest BCUT2D eigenvalue weighted by atomic mass is 10.0. The Morgan fingerprint density at radius 2 is 1.91 bits per heavy atom. The van der Waals surface area contributed by atoms with E-state index in [0.29, 0.717) is 0 Å². The summed E-state index contributed by atoms with van der Waals surface area (Å²) in [5.74, 6) is 0. The summed E-state index contributed by atoms with van der Waals surface area (Å²) in [6.07, 6.45) is 0. The van der Waals surface area contributed by atoms with E-state index in [4.69, 9.17) is 0 Å². The zero-order valence-electron chi connectivity index (χ0n) is 6.57. The van der Waals surface area contributed by atoms with Gasteiger partial charge in [-0.25, -0.2) is 0 Å². The Morgan fingerprint density at radius 3 is 2.27 bits per heavy atom. The summed E-state index contributed by atoms with van der Waals surface area (Å²) in [6.45, 7) is 4.27. The van der Waals surface area contributed by atoms with Gasteiger partial charge in [0, 0.05) is 8.80 Å². The number of benzene rings is 1. The summed E-state index contributed by atoms with van der Waals surface area (Å²) in [6, 6.07) is 8.30. The van der Waals surface area contributed by atoms with E-state index < -0.39 is 0 Å². The van der Waals surface area contributed by atoms with Crippen LogP contribution in [-0.2, 0) is 4.32 Å². The third kappa shape index (κ3) is 2.60. The Morgan fingerprint density at radius 1 is 1.27 bits per heavy atom. The van der Waals surface area contributed by atoms with Crippen molar-refractivity contribution >= 4 is 31.9 Å². The van der Waals surface area contributed by atoms with Crippen LogP contribution in [0.15, 0.2) is 28.7 Å². The van der Waals surface area contributed by atoms with Gasteiger partial charge in [-0.3, -0.25) is 0 Å². The molecule has 0 heterocycles. The smallest absolute Gasteiger partial charge is 0.0450 e. The van der Waals surface area contributed by atoms with Gasteiger partial charge in [0.15, 0.2) is 0 Å². The van der Waals surface area contributed by atoms with Crippen molar-refractivity contribution in [1.82, 2.24) is 0 Å². The van der Waals surface area contributed by atoms with Crippen LogP contribution in [0.1, 0.15) is 19.4 Å². The van der Waals surface area contributed by atoms with Crippen molar-refractivity contribution in [2.75, 3.05) is 0 Å². The second-order valence-electron chi connectivity index (χ2n) is 2.98. The van der Waals surface area contributed by atoms with Gasteiger partial charge >= 0.3 is 0 Å². The normalized spacial score (nSPS) is 11.6. The molecule has 0 amide bonds. The molecule has 1 aromatic rings. The first kappa shape index (κ1) is 9.27. The lowest BCUT2D eigenvalue weighted by molar-refractivity contribution is 0.802. The predicted octanol–water partition coefficient (Wildman–Crippen LogP) is 4.08. The highest BCUT2D eigenvalue weighted by Gasteiger charge is 2.14. The minimum Gasteiger partial charge on any atom is -0.0807 e. The van der Waals surface area contributed by atoms with Gasteiger partial charge in [-0.15, -0.1) is 0 Å². The Bertz CT molecular complexity index is 248. The molecule has 0 aliphatic heterocycles. The third-order valence-electron chi connectivity index (χ3n) is 1.51. The van der Waals surface area contributed by atoms with Gasteiger partial charge in [-0.1, -0.05) is 44.0 Å². The molecule has 0 unspecified atom stereocenters. The van der Waals surface area contributed by atoms with Gasteiger partial charge < -0.3 is 0 Å². The van der Waals surface area contributed by atoms with Gasteiger partial charge in [0.05, 0.1) is 0 Å². The van der Waals surface area contributed by atoms with Crippen LogP contribution in [0.5, 0.6) is 0 Å². The molecule has 0 nitrogen and oxygen atoms in total. The topological polar surface area (TPSA) is 0 Å². The highest BCUT2D eigenvalue weighted by molar-refractivity contribution is 9.10. The van der Waals surface area contributed by atoms with Crippen LogP contribution in [-0.4, -0.2) is 0 Å². The molecule has 60 valence electrons. The molecule has 11 heavy (non-hydrogen) atoms. The van der Waals surface area contributed by atoms with E-state index in [1.807, 2.05) is 12.1 Å². The summed E-state index contributed by atoms with van der Waals surface area (Å²) in [4.78, 5) is 0. The fraction of sp³-hybridized carbons (Fsp3) is 0.333. The van der Waals surface area contributed by atoms with Crippen LogP contribution in [0.2, 0.25) is 0 Å². The quantitative estimate of drug-likeness (QED) is 0.679. The van der Waals surface area contributed by atoms with Gasteiger partial charge in [0.2, 0.25) is 0 Å². The zero-order chi connectivity index (χ0) is 8.48. The molecule has 0 atom stereocenters. The number of halogens is 2. The maximum atomic E-state index is 3.60. The Kier molecular flexibility index (Phi) is 2.76. The Balaban J connectivity index is 3.06. The maximum Gasteiger partial charge on any atom is 0.0450 e. The number of rotatable bonds is 1. The fourth-order valence-corrected chi connectivity index (χ4v) is 1.50. The molecular weight excluding hydrogens is 268 g/mol. The van der Waals surface area contributed by atoms with Crippen molar-refractivity contribution in [1.29, 1.82) is 0 Å². The average Bonchev–Trinajstić information content (AvgIpc) is 1.86. The molecule has 0 saturated heterocycles. The molecule has 0 aromatic heterocycles. The molecular formula is C9H10Br2. The van der Waals surface area contributed by atoms with Crippen LogP contribution in [0.4, 0.5) is 0 Å². The van der Waals surface area contributed by atoms with E-state index in [1.165, 1.54) is 5.56 Å². The molecule has 0 spiro atoms. The third-order valence-corrected chi connectivity index (χ3v) is 2.46. The SMILES string of the molecule is CC(C)(Br)c1cccc(Br)c1. The van der Waals surface area contributed by atoms with E-state index in [2.05, 4.69) is 57.8 Å². The molecule has 0 aliphatic rings. The first-order valence-corrected chi connectivity index (χ1v) is 5.04. The summed E-state index contributed by atoms with van der Waals surface area (Å²) >= 11 is 7.03. The van der Waals surface area contributed by atoms with E-state index >= 15 is 0 Å². The monoisotopic (exact) mass is 276 g/mol. The fourth-order valence-electron chi connectivity index (χ4n) is 0.858. The summed E-state index contributed by atoms with van der Waals surface area (Å²) in [5.41, 5.74) is 1.28. The lowest BCUT2D eigenvalue weighted by Crippen LogP contribution is -2.05. The first-order valence-electron chi connectivity index (χ1n) is 3.45. The van der Waals surface area contributed by atoms with E-state index in [0.717, 1.165) is 4.47 Å². The standard InChI is InChI=1S/C9H10Br2/c1-9(2,11)7-4-3-5-8(10)6-7/h3-6H,1-2H3. The van der Waals surface area contributed by atoms with Crippen molar-refractivity contribution in [3.63, 3.8) is 0 Å². The maximum absolute atomic E-state index is 3.60. The zero-order valence-corrected chi connectivity index (χ0v) is 9.74. The predicted molar refractivity (Wildman–Crippen MR) is 56.1 cm³/mol. The van der Waals surface area contributed by atoms with Crippen molar-refractivity contribution in [2.24, 2.45) is 0 Å². The Hall–Kier alpha value is 0.180. The lowest BCUT2D eigenvalue weighted by Gasteiger charge is -2.16. The van der Waals surface area contributed by atoms with Crippen LogP contribution >= 0.6 is 31.9 Å². The largest absolute Gasteiger partial charge is 0.0807 e. The van der Waals surface area contributed by atoms with E-state index in [-0.39, 0.29) is 4.32 Å². The highest BCUT2D eigenvalue weighted by atomic mass is 79.9. The van der Waals surface area contributed by atoms with Crippen LogP contribution in [0, 0.1) is 0 Å². The Labute approximate surface area is 84.3 Å². The van der Waals surface area contributed by atoms with Gasteiger partial charge in [-0.2, -0.15) is 0 Å². The minimum absolute atomic E-state index is 0.0662. The molecule has 0 bridgehead atoms. The minimum atomic E-state index is 0.0662.